The predicted octanol–water partition coefficient (Wildman–Crippen LogP) is 2.76. The van der Waals surface area contributed by atoms with Crippen LogP contribution in [-0.2, 0) is 4.74 Å². The van der Waals surface area contributed by atoms with Crippen molar-refractivity contribution in [3.8, 4) is 0 Å². The molecule has 61 heavy (non-hydrogen) atoms. The molecule has 0 unspecified atom stereocenters. The fraction of sp³-hybridized carbons (Fsp3) is 0.825. The van der Waals surface area contributed by atoms with Crippen LogP contribution in [0.5, 0.6) is 0 Å². The van der Waals surface area contributed by atoms with E-state index in [1.54, 1.807) is 27.7 Å². The summed E-state index contributed by atoms with van der Waals surface area (Å²) in [5, 5.41) is 37.4. The molecule has 0 aliphatic rings. The van der Waals surface area contributed by atoms with Gasteiger partial charge in [-0.2, -0.15) is 0 Å². The van der Waals surface area contributed by atoms with Gasteiger partial charge in [-0.3, -0.25) is 0 Å². The van der Waals surface area contributed by atoms with Crippen LogP contribution >= 0.6 is 12.2 Å². The number of thiocarbonyl (C=S) groups is 1. The predicted molar refractivity (Wildman–Crippen MR) is 244 cm³/mol. The van der Waals surface area contributed by atoms with Crippen molar-refractivity contribution in [2.24, 2.45) is 23.7 Å². The molecule has 354 valence electrons. The minimum Gasteiger partial charge on any atom is -0.444 e. The van der Waals surface area contributed by atoms with E-state index in [-0.39, 0.29) is 80.7 Å². The Morgan fingerprint density at radius 2 is 0.852 bits per heavy atom. The molecule has 0 saturated heterocycles. The Morgan fingerprint density at radius 1 is 0.475 bits per heavy atom. The summed E-state index contributed by atoms with van der Waals surface area (Å²) in [6.45, 7) is 26.3. The largest absolute Gasteiger partial charge is 0.444 e. The summed E-state index contributed by atoms with van der Waals surface area (Å²) in [6, 6.07) is -3.95. The first-order chi connectivity index (χ1) is 28.3. The summed E-state index contributed by atoms with van der Waals surface area (Å²) in [7, 11) is 1.52. The van der Waals surface area contributed by atoms with Crippen molar-refractivity contribution in [1.82, 2.24) is 69.1 Å². The molecular weight excluding hydrogens is 807 g/mol. The molecule has 6 atom stereocenters. The molecule has 0 aromatic carbocycles. The third-order valence-corrected chi connectivity index (χ3v) is 9.18. The number of hydrogen-bond donors (Lipinski definition) is 13. The van der Waals surface area contributed by atoms with Gasteiger partial charge in [0.05, 0.1) is 12.1 Å². The van der Waals surface area contributed by atoms with Gasteiger partial charge < -0.3 is 73.9 Å². The van der Waals surface area contributed by atoms with Crippen molar-refractivity contribution in [3.05, 3.63) is 0 Å². The van der Waals surface area contributed by atoms with Gasteiger partial charge >= 0.3 is 36.2 Å². The lowest BCUT2D eigenvalue weighted by Crippen LogP contribution is -2.55. The minimum absolute atomic E-state index is 0.0231. The van der Waals surface area contributed by atoms with E-state index in [0.29, 0.717) is 30.4 Å². The summed E-state index contributed by atoms with van der Waals surface area (Å²) in [5.41, 5.74) is -0.610. The Labute approximate surface area is 370 Å². The number of ether oxygens (including phenoxy) is 1. The summed E-state index contributed by atoms with van der Waals surface area (Å²) in [5.74, 6) is 0.619. The molecule has 13 N–H and O–H groups in total. The zero-order chi connectivity index (χ0) is 46.9. The first-order valence-corrected chi connectivity index (χ1v) is 21.9. The standard InChI is InChI=1S/C40H81N13O7S/c1-23(2)15-29(19-44-33(54)41-14)50-35(56)42-17-27(9)48-34(55)46-21-31(25(5)6)52-37(58)45-20-30(16-24(3)4)51-36(57)43-18-28(10)49-38(61)47-22-32(26(7)8)53-39(59)60-40(11,12)13/h23-32H,15-22H2,1-14H3,(H,53,59)(H2,41,44,54)(H2,42,50,56)(H2,43,51,57)(H2,45,52,58)(H2,46,48,55)(H2,47,49,61)/t27-,28-,29-,30-,31+,32+/m0/s1. The van der Waals surface area contributed by atoms with E-state index in [1.807, 2.05) is 62.3 Å². The van der Waals surface area contributed by atoms with Crippen LogP contribution < -0.4 is 69.1 Å². The summed E-state index contributed by atoms with van der Waals surface area (Å²) in [6.07, 6.45) is 0.777. The number of amides is 11. The third kappa shape index (κ3) is 30.1. The van der Waals surface area contributed by atoms with E-state index in [0.717, 1.165) is 0 Å². The molecule has 0 radical (unpaired) electrons. The molecule has 0 aliphatic carbocycles. The molecule has 0 saturated carbocycles. The maximum Gasteiger partial charge on any atom is 0.407 e. The van der Waals surface area contributed by atoms with Crippen molar-refractivity contribution in [3.63, 3.8) is 0 Å². The van der Waals surface area contributed by atoms with Gasteiger partial charge in [0, 0.05) is 70.5 Å². The van der Waals surface area contributed by atoms with E-state index in [2.05, 4.69) is 69.1 Å². The Hall–Kier alpha value is -4.69. The van der Waals surface area contributed by atoms with Gasteiger partial charge in [-0.1, -0.05) is 55.4 Å². The number of carbonyl (C=O) groups is 6. The monoisotopic (exact) mass is 888 g/mol. The molecule has 0 aromatic rings. The second-order valence-electron chi connectivity index (χ2n) is 18.0. The van der Waals surface area contributed by atoms with Crippen molar-refractivity contribution >= 4 is 53.6 Å². The Morgan fingerprint density at radius 3 is 1.30 bits per heavy atom. The highest BCUT2D eigenvalue weighted by Gasteiger charge is 2.23. The van der Waals surface area contributed by atoms with Gasteiger partial charge in [0.25, 0.3) is 0 Å². The lowest BCUT2D eigenvalue weighted by molar-refractivity contribution is 0.0491. The highest BCUT2D eigenvalue weighted by atomic mass is 32.1. The average molecular weight is 888 g/mol. The summed E-state index contributed by atoms with van der Waals surface area (Å²) in [4.78, 5) is 75.0. The molecule has 0 fully saturated rings. The number of hydrogen-bond acceptors (Lipinski definition) is 8. The number of rotatable bonds is 24. The first kappa shape index (κ1) is 56.3. The van der Waals surface area contributed by atoms with Crippen molar-refractivity contribution in [1.29, 1.82) is 0 Å². The van der Waals surface area contributed by atoms with Gasteiger partial charge in [0.2, 0.25) is 0 Å². The lowest BCUT2D eigenvalue weighted by atomic mass is 10.0. The van der Waals surface area contributed by atoms with Crippen molar-refractivity contribution in [2.45, 2.75) is 145 Å². The van der Waals surface area contributed by atoms with Crippen LogP contribution in [0.3, 0.4) is 0 Å². The van der Waals surface area contributed by atoms with Crippen LogP contribution in [0.25, 0.3) is 0 Å². The molecule has 0 aliphatic heterocycles. The van der Waals surface area contributed by atoms with E-state index in [1.165, 1.54) is 7.05 Å². The Bertz CT molecular complexity index is 1360. The van der Waals surface area contributed by atoms with Crippen LogP contribution in [0.2, 0.25) is 0 Å². The van der Waals surface area contributed by atoms with Gasteiger partial charge in [0.1, 0.15) is 5.60 Å². The zero-order valence-corrected chi connectivity index (χ0v) is 40.0. The minimum atomic E-state index is -0.610. The summed E-state index contributed by atoms with van der Waals surface area (Å²) >= 11 is 5.45. The Kier molecular flexibility index (Phi) is 27.3. The number of carbonyl (C=O) groups excluding carboxylic acids is 6. The Balaban J connectivity index is 4.86. The number of urea groups is 5. The van der Waals surface area contributed by atoms with E-state index in [4.69, 9.17) is 17.0 Å². The third-order valence-electron chi connectivity index (χ3n) is 8.91. The highest BCUT2D eigenvalue weighted by molar-refractivity contribution is 7.80. The zero-order valence-electron chi connectivity index (χ0n) is 39.2. The van der Waals surface area contributed by atoms with E-state index in [9.17, 15) is 28.8 Å². The van der Waals surface area contributed by atoms with Crippen LogP contribution in [-0.4, -0.2) is 130 Å². The van der Waals surface area contributed by atoms with Crippen LogP contribution in [0.15, 0.2) is 0 Å². The van der Waals surface area contributed by atoms with E-state index >= 15 is 0 Å². The molecule has 0 rings (SSSR count). The van der Waals surface area contributed by atoms with E-state index < -0.39 is 47.9 Å². The second kappa shape index (κ2) is 29.5. The maximum atomic E-state index is 13.0. The molecule has 20 nitrogen and oxygen atoms in total. The molecule has 21 heteroatoms. The van der Waals surface area contributed by atoms with Gasteiger partial charge in [-0.25, -0.2) is 28.8 Å². The van der Waals surface area contributed by atoms with Gasteiger partial charge in [0.15, 0.2) is 5.11 Å². The maximum absolute atomic E-state index is 13.0. The molecule has 0 heterocycles. The fourth-order valence-electron chi connectivity index (χ4n) is 5.65. The molecule has 0 aromatic heterocycles. The van der Waals surface area contributed by atoms with Crippen LogP contribution in [0.1, 0.15) is 103 Å². The summed E-state index contributed by atoms with van der Waals surface area (Å²) < 4.78 is 5.37. The fourth-order valence-corrected chi connectivity index (χ4v) is 5.94. The number of alkyl carbamates (subject to hydrolysis) is 1. The van der Waals surface area contributed by atoms with Crippen molar-refractivity contribution in [2.75, 3.05) is 46.3 Å². The van der Waals surface area contributed by atoms with Crippen LogP contribution in [0, 0.1) is 23.7 Å². The second-order valence-corrected chi connectivity index (χ2v) is 18.4. The quantitative estimate of drug-likeness (QED) is 0.0631. The molecule has 11 amide bonds. The molecule has 0 bridgehead atoms. The lowest BCUT2D eigenvalue weighted by Gasteiger charge is -2.27. The van der Waals surface area contributed by atoms with Gasteiger partial charge in [-0.05, 0) is 83.3 Å². The number of nitrogens with one attached hydrogen (secondary N) is 13. The van der Waals surface area contributed by atoms with Gasteiger partial charge in [-0.15, -0.1) is 0 Å². The average Bonchev–Trinajstić information content (AvgIpc) is 3.12. The molecule has 0 spiro atoms. The molecular formula is C40H81N13O7S. The van der Waals surface area contributed by atoms with Crippen molar-refractivity contribution < 1.29 is 33.5 Å². The smallest absolute Gasteiger partial charge is 0.407 e. The SMILES string of the molecule is CNC(=O)NC[C@H](CC(C)C)NC(=O)NC[C@H](C)NC(=O)NC[C@@H](NC(=O)NC[C@H](CC(C)C)NC(=O)NC[C@H](C)NC(=S)NC[C@@H](NC(=O)OC(C)(C)C)C(C)C)C(C)C. The topological polar surface area (TPSA) is 268 Å². The normalized spacial score (nSPS) is 14.3. The van der Waals surface area contributed by atoms with Crippen LogP contribution in [0.4, 0.5) is 28.8 Å². The first-order valence-electron chi connectivity index (χ1n) is 21.5. The highest BCUT2D eigenvalue weighted by Crippen LogP contribution is 2.09.